The van der Waals surface area contributed by atoms with E-state index in [0.29, 0.717) is 17.2 Å². The molecule has 1 amide bonds. The van der Waals surface area contributed by atoms with Gasteiger partial charge < -0.3 is 10.6 Å². The SMILES string of the molecule is O=C(NC1CC1)c1cnc(Nc2ccc(F)c(Cl)c2)nc1. The third-order valence-electron chi connectivity index (χ3n) is 3.00. The van der Waals surface area contributed by atoms with Gasteiger partial charge in [-0.1, -0.05) is 11.6 Å². The summed E-state index contributed by atoms with van der Waals surface area (Å²) in [7, 11) is 0. The number of rotatable bonds is 4. The highest BCUT2D eigenvalue weighted by Crippen LogP contribution is 2.21. The Balaban J connectivity index is 1.68. The summed E-state index contributed by atoms with van der Waals surface area (Å²) in [5.74, 6) is -0.357. The van der Waals surface area contributed by atoms with Crippen molar-refractivity contribution in [1.82, 2.24) is 15.3 Å². The quantitative estimate of drug-likeness (QED) is 0.911. The smallest absolute Gasteiger partial charge is 0.254 e. The summed E-state index contributed by atoms with van der Waals surface area (Å²) in [5, 5.41) is 5.76. The fourth-order valence-electron chi connectivity index (χ4n) is 1.71. The average molecular weight is 307 g/mol. The van der Waals surface area contributed by atoms with Crippen molar-refractivity contribution >= 4 is 29.1 Å². The molecule has 0 bridgehead atoms. The summed E-state index contributed by atoms with van der Waals surface area (Å²) in [6, 6.07) is 4.51. The minimum Gasteiger partial charge on any atom is -0.349 e. The molecule has 3 rings (SSSR count). The summed E-state index contributed by atoms with van der Waals surface area (Å²) in [6.07, 6.45) is 4.94. The number of aromatic nitrogens is 2. The molecule has 0 unspecified atom stereocenters. The molecule has 0 aliphatic heterocycles. The van der Waals surface area contributed by atoms with Crippen LogP contribution in [0.5, 0.6) is 0 Å². The topological polar surface area (TPSA) is 66.9 Å². The molecular formula is C14H12ClFN4O. The minimum atomic E-state index is -0.491. The molecule has 7 heteroatoms. The van der Waals surface area contributed by atoms with Gasteiger partial charge in [-0.05, 0) is 31.0 Å². The predicted octanol–water partition coefficient (Wildman–Crippen LogP) is 2.90. The Kier molecular flexibility index (Phi) is 3.70. The van der Waals surface area contributed by atoms with E-state index in [1.165, 1.54) is 30.6 Å². The number of hydrogen-bond donors (Lipinski definition) is 2. The number of amides is 1. The zero-order chi connectivity index (χ0) is 14.8. The van der Waals surface area contributed by atoms with E-state index in [9.17, 15) is 9.18 Å². The molecule has 1 fully saturated rings. The molecule has 0 spiro atoms. The fraction of sp³-hybridized carbons (Fsp3) is 0.214. The molecule has 1 aromatic carbocycles. The first kappa shape index (κ1) is 13.8. The van der Waals surface area contributed by atoms with E-state index < -0.39 is 5.82 Å². The zero-order valence-electron chi connectivity index (χ0n) is 10.9. The number of carbonyl (C=O) groups excluding carboxylic acids is 1. The normalized spacial score (nSPS) is 13.8. The first-order chi connectivity index (χ1) is 10.1. The number of carbonyl (C=O) groups is 1. The van der Waals surface area contributed by atoms with Crippen molar-refractivity contribution in [3.05, 3.63) is 47.0 Å². The molecule has 2 N–H and O–H groups in total. The molecule has 1 saturated carbocycles. The summed E-state index contributed by atoms with van der Waals surface area (Å²) >= 11 is 5.69. The maximum Gasteiger partial charge on any atom is 0.254 e. The molecule has 1 aliphatic rings. The molecule has 108 valence electrons. The van der Waals surface area contributed by atoms with E-state index in [1.807, 2.05) is 0 Å². The van der Waals surface area contributed by atoms with E-state index in [0.717, 1.165) is 12.8 Å². The number of nitrogens with zero attached hydrogens (tertiary/aromatic N) is 2. The summed E-state index contributed by atoms with van der Waals surface area (Å²) in [6.45, 7) is 0. The van der Waals surface area contributed by atoms with Crippen LogP contribution in [0, 0.1) is 5.82 Å². The molecule has 0 saturated heterocycles. The molecule has 1 aliphatic carbocycles. The first-order valence-corrected chi connectivity index (χ1v) is 6.84. The highest BCUT2D eigenvalue weighted by molar-refractivity contribution is 6.31. The van der Waals surface area contributed by atoms with Crippen LogP contribution in [-0.2, 0) is 0 Å². The highest BCUT2D eigenvalue weighted by Gasteiger charge is 2.23. The second kappa shape index (κ2) is 5.65. The molecule has 0 atom stereocenters. The van der Waals surface area contributed by atoms with Crippen molar-refractivity contribution in [1.29, 1.82) is 0 Å². The van der Waals surface area contributed by atoms with Crippen molar-refractivity contribution in [2.45, 2.75) is 18.9 Å². The Bertz CT molecular complexity index is 673. The molecule has 21 heavy (non-hydrogen) atoms. The number of hydrogen-bond acceptors (Lipinski definition) is 4. The fourth-order valence-corrected chi connectivity index (χ4v) is 1.89. The van der Waals surface area contributed by atoms with E-state index in [4.69, 9.17) is 11.6 Å². The van der Waals surface area contributed by atoms with Gasteiger partial charge in [0.1, 0.15) is 5.82 Å². The average Bonchev–Trinajstić information content (AvgIpc) is 3.28. The van der Waals surface area contributed by atoms with E-state index in [1.54, 1.807) is 0 Å². The van der Waals surface area contributed by atoms with Gasteiger partial charge >= 0.3 is 0 Å². The van der Waals surface area contributed by atoms with Crippen LogP contribution in [0.1, 0.15) is 23.2 Å². The third-order valence-corrected chi connectivity index (χ3v) is 3.29. The minimum absolute atomic E-state index is 0.0143. The van der Waals surface area contributed by atoms with Gasteiger partial charge in [0.15, 0.2) is 0 Å². The second-order valence-corrected chi connectivity index (χ2v) is 5.20. The Labute approximate surface area is 125 Å². The van der Waals surface area contributed by atoms with Crippen molar-refractivity contribution in [3.8, 4) is 0 Å². The van der Waals surface area contributed by atoms with Crippen LogP contribution in [0.4, 0.5) is 16.0 Å². The van der Waals surface area contributed by atoms with Crippen molar-refractivity contribution in [2.75, 3.05) is 5.32 Å². The number of nitrogens with one attached hydrogen (secondary N) is 2. The van der Waals surface area contributed by atoms with Crippen LogP contribution in [0.25, 0.3) is 0 Å². The summed E-state index contributed by atoms with van der Waals surface area (Å²) in [4.78, 5) is 19.9. The van der Waals surface area contributed by atoms with Crippen LogP contribution < -0.4 is 10.6 Å². The van der Waals surface area contributed by atoms with Crippen molar-refractivity contribution < 1.29 is 9.18 Å². The van der Waals surface area contributed by atoms with Gasteiger partial charge in [0.25, 0.3) is 5.91 Å². The Morgan fingerprint density at radius 1 is 1.29 bits per heavy atom. The maximum atomic E-state index is 13.1. The van der Waals surface area contributed by atoms with Gasteiger partial charge in [-0.25, -0.2) is 14.4 Å². The number of anilines is 2. The van der Waals surface area contributed by atoms with Gasteiger partial charge in [-0.3, -0.25) is 4.79 Å². The summed E-state index contributed by atoms with van der Waals surface area (Å²) in [5.41, 5.74) is 0.973. The Hall–Kier alpha value is -2.21. The standard InChI is InChI=1S/C14H12ClFN4O/c15-11-5-10(3-4-12(11)16)20-14-17-6-8(7-18-14)13(21)19-9-1-2-9/h3-7,9H,1-2H2,(H,19,21)(H,17,18,20). The lowest BCUT2D eigenvalue weighted by Gasteiger charge is -2.06. The summed E-state index contributed by atoms with van der Waals surface area (Å²) < 4.78 is 13.1. The molecule has 1 heterocycles. The Morgan fingerprint density at radius 3 is 2.62 bits per heavy atom. The van der Waals surface area contributed by atoms with Crippen LogP contribution in [0.3, 0.4) is 0 Å². The van der Waals surface area contributed by atoms with Crippen molar-refractivity contribution in [2.24, 2.45) is 0 Å². The van der Waals surface area contributed by atoms with E-state index in [2.05, 4.69) is 20.6 Å². The van der Waals surface area contributed by atoms with Crippen LogP contribution >= 0.6 is 11.6 Å². The largest absolute Gasteiger partial charge is 0.349 e. The Morgan fingerprint density at radius 2 is 2.00 bits per heavy atom. The molecule has 5 nitrogen and oxygen atoms in total. The van der Waals surface area contributed by atoms with Gasteiger partial charge in [0.05, 0.1) is 10.6 Å². The van der Waals surface area contributed by atoms with Crippen LogP contribution in [0.15, 0.2) is 30.6 Å². The van der Waals surface area contributed by atoms with E-state index in [-0.39, 0.29) is 17.0 Å². The van der Waals surface area contributed by atoms with Gasteiger partial charge in [-0.15, -0.1) is 0 Å². The molecule has 2 aromatic rings. The third kappa shape index (κ3) is 3.46. The number of halogens is 2. The van der Waals surface area contributed by atoms with Crippen molar-refractivity contribution in [3.63, 3.8) is 0 Å². The first-order valence-electron chi connectivity index (χ1n) is 6.47. The molecule has 1 aromatic heterocycles. The van der Waals surface area contributed by atoms with Crippen LogP contribution in [-0.4, -0.2) is 21.9 Å². The maximum absolute atomic E-state index is 13.1. The lowest BCUT2D eigenvalue weighted by atomic mass is 10.3. The van der Waals surface area contributed by atoms with Crippen LogP contribution in [0.2, 0.25) is 5.02 Å². The monoisotopic (exact) mass is 306 g/mol. The number of benzene rings is 1. The lowest BCUT2D eigenvalue weighted by Crippen LogP contribution is -2.25. The van der Waals surface area contributed by atoms with Gasteiger partial charge in [0, 0.05) is 24.1 Å². The zero-order valence-corrected chi connectivity index (χ0v) is 11.7. The van der Waals surface area contributed by atoms with Gasteiger partial charge in [0.2, 0.25) is 5.95 Å². The second-order valence-electron chi connectivity index (χ2n) is 4.80. The highest BCUT2D eigenvalue weighted by atomic mass is 35.5. The lowest BCUT2D eigenvalue weighted by molar-refractivity contribution is 0.0950. The predicted molar refractivity (Wildman–Crippen MR) is 77.2 cm³/mol. The van der Waals surface area contributed by atoms with Gasteiger partial charge in [-0.2, -0.15) is 0 Å². The van der Waals surface area contributed by atoms with E-state index >= 15 is 0 Å². The molecule has 0 radical (unpaired) electrons. The molecular weight excluding hydrogens is 295 g/mol.